The third-order valence-corrected chi connectivity index (χ3v) is 3.98. The van der Waals surface area contributed by atoms with Crippen LogP contribution >= 0.6 is 11.6 Å². The molecular weight excluding hydrogens is 326 g/mol. The highest BCUT2D eigenvalue weighted by Gasteiger charge is 2.18. The van der Waals surface area contributed by atoms with Crippen LogP contribution in [-0.2, 0) is 0 Å². The maximum absolute atomic E-state index is 9.56. The topological polar surface area (TPSA) is 81.2 Å². The van der Waals surface area contributed by atoms with Crippen LogP contribution in [0.15, 0.2) is 36.4 Å². The Morgan fingerprint density at radius 2 is 1.83 bits per heavy atom. The first-order valence-electron chi connectivity index (χ1n) is 7.10. The first kappa shape index (κ1) is 15.9. The molecule has 0 radical (unpaired) electrons. The third kappa shape index (κ3) is 2.57. The molecule has 0 saturated carbocycles. The predicted molar refractivity (Wildman–Crippen MR) is 94.4 cm³/mol. The van der Waals surface area contributed by atoms with Crippen molar-refractivity contribution < 1.29 is 9.47 Å². The lowest BCUT2D eigenvalue weighted by molar-refractivity contribution is 0.356. The van der Waals surface area contributed by atoms with E-state index in [0.29, 0.717) is 33.2 Å². The van der Waals surface area contributed by atoms with Crippen molar-refractivity contribution in [1.82, 2.24) is 4.98 Å². The molecule has 2 aromatic carbocycles. The summed E-state index contributed by atoms with van der Waals surface area (Å²) >= 11 is 6.11. The molecule has 0 aliphatic rings. The number of methoxy groups -OCH3 is 2. The smallest absolute Gasteiger partial charge is 0.162 e. The van der Waals surface area contributed by atoms with Crippen LogP contribution in [0.4, 0.5) is 5.82 Å². The Balaban J connectivity index is 2.46. The highest BCUT2D eigenvalue weighted by molar-refractivity contribution is 6.31. The molecule has 1 heterocycles. The summed E-state index contributed by atoms with van der Waals surface area (Å²) in [7, 11) is 3.10. The molecule has 3 rings (SSSR count). The molecule has 0 aliphatic heterocycles. The first-order chi connectivity index (χ1) is 11.6. The largest absolute Gasteiger partial charge is 0.493 e. The number of pyridine rings is 1. The average Bonchev–Trinajstić information content (AvgIpc) is 2.59. The van der Waals surface area contributed by atoms with Crippen LogP contribution in [0.3, 0.4) is 0 Å². The number of benzene rings is 2. The van der Waals surface area contributed by atoms with Crippen LogP contribution < -0.4 is 15.2 Å². The molecule has 0 atom stereocenters. The molecule has 6 heteroatoms. The maximum Gasteiger partial charge on any atom is 0.162 e. The lowest BCUT2D eigenvalue weighted by atomic mass is 9.96. The molecule has 0 amide bonds. The zero-order valence-corrected chi connectivity index (χ0v) is 13.9. The van der Waals surface area contributed by atoms with E-state index in [1.807, 2.05) is 12.1 Å². The minimum Gasteiger partial charge on any atom is -0.493 e. The van der Waals surface area contributed by atoms with Gasteiger partial charge in [0.1, 0.15) is 17.5 Å². The van der Waals surface area contributed by atoms with Crippen LogP contribution in [0.5, 0.6) is 11.5 Å². The second kappa shape index (κ2) is 6.26. The van der Waals surface area contributed by atoms with Gasteiger partial charge in [-0.25, -0.2) is 4.98 Å². The summed E-state index contributed by atoms with van der Waals surface area (Å²) in [5.41, 5.74) is 8.36. The number of fused-ring (bicyclic) bond motifs is 1. The molecule has 0 aliphatic carbocycles. The monoisotopic (exact) mass is 339 g/mol. The van der Waals surface area contributed by atoms with E-state index < -0.39 is 0 Å². The van der Waals surface area contributed by atoms with E-state index in [-0.39, 0.29) is 5.82 Å². The van der Waals surface area contributed by atoms with Crippen LogP contribution in [0.25, 0.3) is 22.0 Å². The fourth-order valence-electron chi connectivity index (χ4n) is 2.67. The summed E-state index contributed by atoms with van der Waals surface area (Å²) in [5, 5.41) is 10.9. The van der Waals surface area contributed by atoms with Gasteiger partial charge >= 0.3 is 0 Å². The number of aromatic nitrogens is 1. The molecule has 2 N–H and O–H groups in total. The van der Waals surface area contributed by atoms with Gasteiger partial charge in [0, 0.05) is 22.0 Å². The number of hydrogen-bond donors (Lipinski definition) is 1. The zero-order valence-electron chi connectivity index (χ0n) is 13.1. The molecule has 5 nitrogen and oxygen atoms in total. The Hall–Kier alpha value is -2.97. The van der Waals surface area contributed by atoms with Gasteiger partial charge in [-0.1, -0.05) is 23.7 Å². The number of nitriles is 1. The van der Waals surface area contributed by atoms with Crippen LogP contribution in [0.1, 0.15) is 5.56 Å². The Morgan fingerprint density at radius 1 is 1.12 bits per heavy atom. The van der Waals surface area contributed by atoms with Crippen LogP contribution in [-0.4, -0.2) is 19.2 Å². The number of nitrogen functional groups attached to an aromatic ring is 1. The van der Waals surface area contributed by atoms with Gasteiger partial charge < -0.3 is 15.2 Å². The van der Waals surface area contributed by atoms with Gasteiger partial charge in [-0.15, -0.1) is 0 Å². The third-order valence-electron chi connectivity index (χ3n) is 3.74. The highest BCUT2D eigenvalue weighted by Crippen LogP contribution is 2.39. The molecule has 0 fully saturated rings. The SMILES string of the molecule is COc1cc2nc(N)c(C#N)c(-c3cccc(Cl)c3)c2cc1OC. The number of nitrogens with two attached hydrogens (primary N) is 1. The molecular formula is C18H14ClN3O2. The van der Waals surface area contributed by atoms with Crippen molar-refractivity contribution in [2.75, 3.05) is 20.0 Å². The average molecular weight is 340 g/mol. The standard InChI is InChI=1S/C18H14ClN3O2/c1-23-15-7-12-14(8-16(15)24-2)22-18(21)13(9-20)17(12)10-4-3-5-11(19)6-10/h3-8H,1-2H3,(H2,21,22). The number of halogens is 1. The highest BCUT2D eigenvalue weighted by atomic mass is 35.5. The second-order valence-electron chi connectivity index (χ2n) is 5.09. The van der Waals surface area contributed by atoms with Crippen molar-refractivity contribution in [3.63, 3.8) is 0 Å². The Kier molecular flexibility index (Phi) is 4.15. The Morgan fingerprint density at radius 3 is 2.46 bits per heavy atom. The summed E-state index contributed by atoms with van der Waals surface area (Å²) in [6.07, 6.45) is 0. The number of anilines is 1. The molecule has 0 spiro atoms. The summed E-state index contributed by atoms with van der Waals surface area (Å²) < 4.78 is 10.7. The molecule has 24 heavy (non-hydrogen) atoms. The van der Waals surface area contributed by atoms with E-state index in [9.17, 15) is 5.26 Å². The fraction of sp³-hybridized carbons (Fsp3) is 0.111. The second-order valence-corrected chi connectivity index (χ2v) is 5.53. The van der Waals surface area contributed by atoms with Crippen molar-refractivity contribution >= 4 is 28.3 Å². The van der Waals surface area contributed by atoms with E-state index in [0.717, 1.165) is 10.9 Å². The van der Waals surface area contributed by atoms with Gasteiger partial charge in [0.25, 0.3) is 0 Å². The van der Waals surface area contributed by atoms with Crippen LogP contribution in [0.2, 0.25) is 5.02 Å². The number of hydrogen-bond acceptors (Lipinski definition) is 5. The van der Waals surface area contributed by atoms with E-state index in [1.54, 1.807) is 38.5 Å². The molecule has 3 aromatic rings. The first-order valence-corrected chi connectivity index (χ1v) is 7.48. The fourth-order valence-corrected chi connectivity index (χ4v) is 2.86. The van der Waals surface area contributed by atoms with Crippen molar-refractivity contribution in [3.05, 3.63) is 47.0 Å². The van der Waals surface area contributed by atoms with Crippen molar-refractivity contribution in [3.8, 4) is 28.7 Å². The van der Waals surface area contributed by atoms with Gasteiger partial charge in [0.15, 0.2) is 11.5 Å². The van der Waals surface area contributed by atoms with Crippen molar-refractivity contribution in [1.29, 1.82) is 5.26 Å². The summed E-state index contributed by atoms with van der Waals surface area (Å²) in [4.78, 5) is 4.33. The summed E-state index contributed by atoms with van der Waals surface area (Å²) in [6.45, 7) is 0. The van der Waals surface area contributed by atoms with Crippen molar-refractivity contribution in [2.24, 2.45) is 0 Å². The minimum atomic E-state index is 0.159. The Labute approximate surface area is 144 Å². The molecule has 0 saturated heterocycles. The summed E-state index contributed by atoms with van der Waals surface area (Å²) in [6, 6.07) is 12.9. The maximum atomic E-state index is 9.56. The lowest BCUT2D eigenvalue weighted by Crippen LogP contribution is -2.00. The van der Waals surface area contributed by atoms with E-state index in [1.165, 1.54) is 0 Å². The number of nitrogens with zero attached hydrogens (tertiary/aromatic N) is 2. The molecule has 1 aromatic heterocycles. The van der Waals surface area contributed by atoms with Gasteiger partial charge in [-0.3, -0.25) is 0 Å². The Bertz CT molecular complexity index is 980. The van der Waals surface area contributed by atoms with E-state index >= 15 is 0 Å². The predicted octanol–water partition coefficient (Wildman–Crippen LogP) is 4.03. The van der Waals surface area contributed by atoms with E-state index in [4.69, 9.17) is 26.8 Å². The molecule has 0 bridgehead atoms. The summed E-state index contributed by atoms with van der Waals surface area (Å²) in [5.74, 6) is 1.24. The van der Waals surface area contributed by atoms with Gasteiger partial charge in [0.05, 0.1) is 19.7 Å². The van der Waals surface area contributed by atoms with Gasteiger partial charge in [0.2, 0.25) is 0 Å². The normalized spacial score (nSPS) is 10.4. The molecule has 0 unspecified atom stereocenters. The lowest BCUT2D eigenvalue weighted by Gasteiger charge is -2.14. The number of rotatable bonds is 3. The molecule has 120 valence electrons. The van der Waals surface area contributed by atoms with Gasteiger partial charge in [-0.2, -0.15) is 5.26 Å². The minimum absolute atomic E-state index is 0.159. The van der Waals surface area contributed by atoms with Crippen LogP contribution in [0, 0.1) is 11.3 Å². The van der Waals surface area contributed by atoms with E-state index in [2.05, 4.69) is 11.1 Å². The quantitative estimate of drug-likeness (QED) is 0.779. The van der Waals surface area contributed by atoms with Gasteiger partial charge in [-0.05, 0) is 23.8 Å². The zero-order chi connectivity index (χ0) is 17.3. The van der Waals surface area contributed by atoms with Crippen molar-refractivity contribution in [2.45, 2.75) is 0 Å². The number of ether oxygens (including phenoxy) is 2.